The van der Waals surface area contributed by atoms with Gasteiger partial charge in [0.05, 0.1) is 25.5 Å². The Hall–Kier alpha value is -1.82. The molecule has 0 aliphatic rings. The molecule has 3 N–H and O–H groups in total. The molecule has 0 saturated heterocycles. The van der Waals surface area contributed by atoms with E-state index in [4.69, 9.17) is 10.8 Å². The van der Waals surface area contributed by atoms with Crippen molar-refractivity contribution in [2.24, 2.45) is 0 Å². The fraction of sp³-hybridized carbons (Fsp3) is 0.400. The van der Waals surface area contributed by atoms with Gasteiger partial charge in [-0.2, -0.15) is 10.2 Å². The zero-order valence-corrected chi connectivity index (χ0v) is 9.17. The quantitative estimate of drug-likeness (QED) is 0.780. The van der Waals surface area contributed by atoms with E-state index in [0.717, 1.165) is 17.7 Å². The summed E-state index contributed by atoms with van der Waals surface area (Å²) in [6.07, 6.45) is 5.39. The van der Waals surface area contributed by atoms with E-state index < -0.39 is 0 Å². The number of nitrogens with zero attached hydrogens (tertiary/aromatic N) is 4. The van der Waals surface area contributed by atoms with Crippen LogP contribution in [0.1, 0.15) is 6.92 Å². The van der Waals surface area contributed by atoms with E-state index in [1.165, 1.54) is 0 Å². The van der Waals surface area contributed by atoms with Crippen molar-refractivity contribution in [3.8, 4) is 11.1 Å². The Morgan fingerprint density at radius 2 is 2.19 bits per heavy atom. The molecule has 0 aromatic carbocycles. The second-order valence-electron chi connectivity index (χ2n) is 3.47. The summed E-state index contributed by atoms with van der Waals surface area (Å²) in [5.41, 5.74) is 7.73. The molecule has 0 amide bonds. The van der Waals surface area contributed by atoms with Gasteiger partial charge in [0, 0.05) is 23.9 Å². The molecular formula is C10H15N5O. The number of aliphatic hydroxyl groups is 1. The highest BCUT2D eigenvalue weighted by Crippen LogP contribution is 2.24. The van der Waals surface area contributed by atoms with E-state index in [9.17, 15) is 0 Å². The van der Waals surface area contributed by atoms with Crippen LogP contribution in [0.4, 0.5) is 5.82 Å². The molecule has 0 spiro atoms. The lowest BCUT2D eigenvalue weighted by molar-refractivity contribution is 0.270. The highest BCUT2D eigenvalue weighted by Gasteiger charge is 2.10. The number of aromatic nitrogens is 4. The molecule has 16 heavy (non-hydrogen) atoms. The molecular weight excluding hydrogens is 206 g/mol. The summed E-state index contributed by atoms with van der Waals surface area (Å²) in [7, 11) is 0. The van der Waals surface area contributed by atoms with Crippen molar-refractivity contribution in [3.63, 3.8) is 0 Å². The van der Waals surface area contributed by atoms with Crippen LogP contribution in [0.2, 0.25) is 0 Å². The van der Waals surface area contributed by atoms with Crippen molar-refractivity contribution in [1.29, 1.82) is 0 Å². The first-order chi connectivity index (χ1) is 7.76. The zero-order valence-electron chi connectivity index (χ0n) is 9.17. The highest BCUT2D eigenvalue weighted by atomic mass is 16.3. The summed E-state index contributed by atoms with van der Waals surface area (Å²) >= 11 is 0. The number of hydrogen-bond donors (Lipinski definition) is 2. The first kappa shape index (κ1) is 10.7. The Bertz CT molecular complexity index is 473. The SMILES string of the molecule is CCn1cc(-c2cnn(CCO)c2N)cn1. The fourth-order valence-electron chi connectivity index (χ4n) is 1.57. The Balaban J connectivity index is 2.33. The molecule has 6 heteroatoms. The summed E-state index contributed by atoms with van der Waals surface area (Å²) in [6, 6.07) is 0. The van der Waals surface area contributed by atoms with E-state index >= 15 is 0 Å². The molecule has 0 radical (unpaired) electrons. The van der Waals surface area contributed by atoms with Crippen molar-refractivity contribution < 1.29 is 5.11 Å². The summed E-state index contributed by atoms with van der Waals surface area (Å²) < 4.78 is 3.41. The number of nitrogen functional groups attached to an aromatic ring is 1. The molecule has 2 aromatic heterocycles. The standard InChI is InChI=1S/C10H15N5O/c1-2-14-7-8(5-12-14)9-6-13-15(3-4-16)10(9)11/h5-7,16H,2-4,11H2,1H3. The molecule has 2 aromatic rings. The summed E-state index contributed by atoms with van der Waals surface area (Å²) in [5.74, 6) is 0.560. The van der Waals surface area contributed by atoms with E-state index in [2.05, 4.69) is 10.2 Å². The number of rotatable bonds is 4. The zero-order chi connectivity index (χ0) is 11.5. The Morgan fingerprint density at radius 1 is 1.38 bits per heavy atom. The first-order valence-corrected chi connectivity index (χ1v) is 5.21. The van der Waals surface area contributed by atoms with Crippen LogP contribution in [0.15, 0.2) is 18.6 Å². The van der Waals surface area contributed by atoms with Gasteiger partial charge < -0.3 is 10.8 Å². The van der Waals surface area contributed by atoms with E-state index in [1.54, 1.807) is 17.1 Å². The molecule has 0 atom stereocenters. The third-order valence-corrected chi connectivity index (χ3v) is 2.46. The van der Waals surface area contributed by atoms with E-state index in [-0.39, 0.29) is 6.61 Å². The van der Waals surface area contributed by atoms with Crippen LogP contribution in [0.5, 0.6) is 0 Å². The third kappa shape index (κ3) is 1.79. The normalized spacial score (nSPS) is 10.9. The monoisotopic (exact) mass is 221 g/mol. The van der Waals surface area contributed by atoms with Crippen LogP contribution >= 0.6 is 0 Å². The molecule has 0 unspecified atom stereocenters. The highest BCUT2D eigenvalue weighted by molar-refractivity contribution is 5.72. The average molecular weight is 221 g/mol. The maximum Gasteiger partial charge on any atom is 0.129 e. The van der Waals surface area contributed by atoms with Crippen LogP contribution < -0.4 is 5.73 Å². The van der Waals surface area contributed by atoms with Gasteiger partial charge in [-0.3, -0.25) is 4.68 Å². The molecule has 2 heterocycles. The largest absolute Gasteiger partial charge is 0.394 e. The number of aryl methyl sites for hydroxylation is 1. The van der Waals surface area contributed by atoms with Crippen LogP contribution in [0.25, 0.3) is 11.1 Å². The van der Waals surface area contributed by atoms with Crippen molar-refractivity contribution in [3.05, 3.63) is 18.6 Å². The second kappa shape index (κ2) is 4.36. The van der Waals surface area contributed by atoms with Crippen LogP contribution in [-0.2, 0) is 13.1 Å². The number of aliphatic hydroxyl groups excluding tert-OH is 1. The van der Waals surface area contributed by atoms with Crippen LogP contribution in [-0.4, -0.2) is 31.3 Å². The first-order valence-electron chi connectivity index (χ1n) is 5.21. The Labute approximate surface area is 93.3 Å². The molecule has 0 aliphatic carbocycles. The van der Waals surface area contributed by atoms with Gasteiger partial charge in [-0.1, -0.05) is 0 Å². The van der Waals surface area contributed by atoms with Gasteiger partial charge in [0.2, 0.25) is 0 Å². The lowest BCUT2D eigenvalue weighted by atomic mass is 10.2. The molecule has 0 bridgehead atoms. The minimum Gasteiger partial charge on any atom is -0.394 e. The Kier molecular flexibility index (Phi) is 2.91. The van der Waals surface area contributed by atoms with Crippen molar-refractivity contribution in [2.45, 2.75) is 20.0 Å². The maximum absolute atomic E-state index is 8.83. The van der Waals surface area contributed by atoms with E-state index in [1.807, 2.05) is 17.8 Å². The molecule has 86 valence electrons. The van der Waals surface area contributed by atoms with Crippen molar-refractivity contribution in [2.75, 3.05) is 12.3 Å². The van der Waals surface area contributed by atoms with Crippen molar-refractivity contribution >= 4 is 5.82 Å². The molecule has 2 rings (SSSR count). The lowest BCUT2D eigenvalue weighted by Gasteiger charge is -2.01. The number of anilines is 1. The topological polar surface area (TPSA) is 81.9 Å². The van der Waals surface area contributed by atoms with Gasteiger partial charge >= 0.3 is 0 Å². The third-order valence-electron chi connectivity index (χ3n) is 2.46. The number of nitrogens with two attached hydrogens (primary N) is 1. The number of hydrogen-bond acceptors (Lipinski definition) is 4. The molecule has 0 fully saturated rings. The minimum atomic E-state index is 0.0273. The molecule has 0 aliphatic heterocycles. The predicted octanol–water partition coefficient (Wildman–Crippen LogP) is 0.341. The second-order valence-corrected chi connectivity index (χ2v) is 3.47. The maximum atomic E-state index is 8.83. The van der Waals surface area contributed by atoms with Gasteiger partial charge in [0.1, 0.15) is 5.82 Å². The molecule has 0 saturated carbocycles. The molecule has 6 nitrogen and oxygen atoms in total. The summed E-state index contributed by atoms with van der Waals surface area (Å²) in [5, 5.41) is 17.1. The minimum absolute atomic E-state index is 0.0273. The van der Waals surface area contributed by atoms with Gasteiger partial charge in [-0.25, -0.2) is 4.68 Å². The summed E-state index contributed by atoms with van der Waals surface area (Å²) in [4.78, 5) is 0. The van der Waals surface area contributed by atoms with Gasteiger partial charge in [0.25, 0.3) is 0 Å². The van der Waals surface area contributed by atoms with Crippen molar-refractivity contribution in [1.82, 2.24) is 19.6 Å². The van der Waals surface area contributed by atoms with E-state index in [0.29, 0.717) is 12.4 Å². The van der Waals surface area contributed by atoms with Gasteiger partial charge in [-0.05, 0) is 6.92 Å². The fourth-order valence-corrected chi connectivity index (χ4v) is 1.57. The van der Waals surface area contributed by atoms with Gasteiger partial charge in [-0.15, -0.1) is 0 Å². The van der Waals surface area contributed by atoms with Crippen LogP contribution in [0.3, 0.4) is 0 Å². The Morgan fingerprint density at radius 3 is 2.81 bits per heavy atom. The smallest absolute Gasteiger partial charge is 0.129 e. The van der Waals surface area contributed by atoms with Crippen LogP contribution in [0, 0.1) is 0 Å². The summed E-state index contributed by atoms with van der Waals surface area (Å²) in [6.45, 7) is 3.29. The van der Waals surface area contributed by atoms with Gasteiger partial charge in [0.15, 0.2) is 0 Å². The average Bonchev–Trinajstić information content (AvgIpc) is 2.87. The predicted molar refractivity (Wildman–Crippen MR) is 60.6 cm³/mol. The lowest BCUT2D eigenvalue weighted by Crippen LogP contribution is -2.07.